The molecule has 132 valence electrons. The minimum atomic E-state index is -3.81. The Morgan fingerprint density at radius 1 is 1.16 bits per heavy atom. The molecule has 1 saturated heterocycles. The van der Waals surface area contributed by atoms with E-state index < -0.39 is 14.9 Å². The Morgan fingerprint density at radius 3 is 2.48 bits per heavy atom. The zero-order valence-electron chi connectivity index (χ0n) is 13.9. The maximum Gasteiger partial charge on any atom is 0.273 e. The van der Waals surface area contributed by atoms with E-state index in [1.54, 1.807) is 18.7 Å². The van der Waals surface area contributed by atoms with Crippen LogP contribution in [0.1, 0.15) is 22.1 Å². The number of thioether (sulfide) groups is 1. The van der Waals surface area contributed by atoms with Crippen molar-refractivity contribution in [3.63, 3.8) is 0 Å². The fraction of sp³-hybridized carbons (Fsp3) is 0.294. The standard InChI is InChI=1S/C17H18N2O4S2/c1-12-3-6-14(7-4-12)17-18(9-10-24-17)25(22,23)15-8-5-13(2)16(11-15)19(20)21/h3-8,11,17H,9-10H2,1-2H3. The highest BCUT2D eigenvalue weighted by Gasteiger charge is 2.37. The van der Waals surface area contributed by atoms with Gasteiger partial charge in [-0.05, 0) is 25.5 Å². The fourth-order valence-electron chi connectivity index (χ4n) is 2.78. The molecule has 25 heavy (non-hydrogen) atoms. The molecule has 0 N–H and O–H groups in total. The predicted octanol–water partition coefficient (Wildman–Crippen LogP) is 3.65. The van der Waals surface area contributed by atoms with Gasteiger partial charge in [0.2, 0.25) is 10.0 Å². The molecule has 6 nitrogen and oxygen atoms in total. The Kier molecular flexibility index (Phi) is 4.86. The largest absolute Gasteiger partial charge is 0.273 e. The molecule has 2 aromatic carbocycles. The topological polar surface area (TPSA) is 80.5 Å². The normalized spacial score (nSPS) is 18.4. The van der Waals surface area contributed by atoms with Crippen LogP contribution in [0.3, 0.4) is 0 Å². The number of aryl methyl sites for hydroxylation is 2. The van der Waals surface area contributed by atoms with Crippen molar-refractivity contribution >= 4 is 27.5 Å². The van der Waals surface area contributed by atoms with Gasteiger partial charge in [0.25, 0.3) is 5.69 Å². The highest BCUT2D eigenvalue weighted by molar-refractivity contribution is 8.01. The summed E-state index contributed by atoms with van der Waals surface area (Å²) in [6, 6.07) is 11.8. The summed E-state index contributed by atoms with van der Waals surface area (Å²) in [6.07, 6.45) is 0. The lowest BCUT2D eigenvalue weighted by atomic mass is 10.1. The molecule has 0 spiro atoms. The summed E-state index contributed by atoms with van der Waals surface area (Å²) in [6.45, 7) is 3.95. The molecular weight excluding hydrogens is 360 g/mol. The number of nitrogens with zero attached hydrogens (tertiary/aromatic N) is 2. The summed E-state index contributed by atoms with van der Waals surface area (Å²) >= 11 is 1.56. The zero-order valence-corrected chi connectivity index (χ0v) is 15.5. The van der Waals surface area contributed by atoms with E-state index in [2.05, 4.69) is 0 Å². The Morgan fingerprint density at radius 2 is 1.84 bits per heavy atom. The van der Waals surface area contributed by atoms with E-state index >= 15 is 0 Å². The van der Waals surface area contributed by atoms with Crippen LogP contribution in [0.15, 0.2) is 47.4 Å². The first kappa shape index (κ1) is 17.9. The Hall–Kier alpha value is -1.90. The lowest BCUT2D eigenvalue weighted by Crippen LogP contribution is -2.30. The van der Waals surface area contributed by atoms with Crippen LogP contribution in [-0.2, 0) is 10.0 Å². The summed E-state index contributed by atoms with van der Waals surface area (Å²) in [4.78, 5) is 10.5. The Bertz CT molecular complexity index is 911. The summed E-state index contributed by atoms with van der Waals surface area (Å²) in [5.74, 6) is 0.686. The molecule has 0 radical (unpaired) electrons. The van der Waals surface area contributed by atoms with Gasteiger partial charge in [-0.2, -0.15) is 4.31 Å². The van der Waals surface area contributed by atoms with Gasteiger partial charge in [-0.15, -0.1) is 11.8 Å². The SMILES string of the molecule is Cc1ccc(C2SCCN2S(=O)(=O)c2ccc(C)c([N+](=O)[O-])c2)cc1. The molecule has 0 aromatic heterocycles. The van der Waals surface area contributed by atoms with Gasteiger partial charge in [-0.3, -0.25) is 10.1 Å². The first-order valence-electron chi connectivity index (χ1n) is 7.76. The van der Waals surface area contributed by atoms with Crippen LogP contribution in [0.5, 0.6) is 0 Å². The molecular formula is C17H18N2O4S2. The number of hydrogen-bond acceptors (Lipinski definition) is 5. The maximum atomic E-state index is 13.1. The summed E-state index contributed by atoms with van der Waals surface area (Å²) in [7, 11) is -3.81. The number of hydrogen-bond donors (Lipinski definition) is 0. The van der Waals surface area contributed by atoms with E-state index in [1.807, 2.05) is 31.2 Å². The molecule has 0 amide bonds. The predicted molar refractivity (Wildman–Crippen MR) is 98.1 cm³/mol. The van der Waals surface area contributed by atoms with Crippen LogP contribution >= 0.6 is 11.8 Å². The molecule has 2 aromatic rings. The number of benzene rings is 2. The second-order valence-electron chi connectivity index (χ2n) is 5.95. The van der Waals surface area contributed by atoms with Gasteiger partial charge in [0.05, 0.1) is 15.2 Å². The molecule has 1 unspecified atom stereocenters. The molecule has 0 bridgehead atoms. The first-order valence-corrected chi connectivity index (χ1v) is 10.2. The molecule has 1 heterocycles. The van der Waals surface area contributed by atoms with E-state index in [9.17, 15) is 18.5 Å². The van der Waals surface area contributed by atoms with Crippen LogP contribution in [0.2, 0.25) is 0 Å². The summed E-state index contributed by atoms with van der Waals surface area (Å²) < 4.78 is 27.5. The van der Waals surface area contributed by atoms with Crippen molar-refractivity contribution in [1.82, 2.24) is 4.31 Å². The third-order valence-corrected chi connectivity index (χ3v) is 7.45. The molecule has 3 rings (SSSR count). The quantitative estimate of drug-likeness (QED) is 0.599. The van der Waals surface area contributed by atoms with E-state index in [1.165, 1.54) is 16.4 Å². The smallest absolute Gasteiger partial charge is 0.258 e. The Balaban J connectivity index is 2.00. The molecule has 1 atom stereocenters. The van der Waals surface area contributed by atoms with Gasteiger partial charge in [-0.25, -0.2) is 8.42 Å². The van der Waals surface area contributed by atoms with Crippen molar-refractivity contribution in [3.8, 4) is 0 Å². The van der Waals surface area contributed by atoms with Crippen molar-refractivity contribution in [2.75, 3.05) is 12.3 Å². The fourth-order valence-corrected chi connectivity index (χ4v) is 6.04. The second kappa shape index (κ2) is 6.78. The lowest BCUT2D eigenvalue weighted by molar-refractivity contribution is -0.385. The summed E-state index contributed by atoms with van der Waals surface area (Å²) in [5, 5.41) is 10.8. The third-order valence-electron chi connectivity index (χ3n) is 4.20. The van der Waals surface area contributed by atoms with E-state index in [0.29, 0.717) is 17.9 Å². The van der Waals surface area contributed by atoms with Crippen LogP contribution < -0.4 is 0 Å². The average Bonchev–Trinajstić information content (AvgIpc) is 3.06. The number of rotatable bonds is 4. The van der Waals surface area contributed by atoms with E-state index in [0.717, 1.165) is 17.2 Å². The second-order valence-corrected chi connectivity index (χ2v) is 9.03. The first-order chi connectivity index (χ1) is 11.8. The monoisotopic (exact) mass is 378 g/mol. The van der Waals surface area contributed by atoms with Crippen molar-refractivity contribution in [2.24, 2.45) is 0 Å². The zero-order chi connectivity index (χ0) is 18.2. The van der Waals surface area contributed by atoms with Gasteiger partial charge in [-0.1, -0.05) is 35.9 Å². The molecule has 1 aliphatic heterocycles. The van der Waals surface area contributed by atoms with E-state index in [4.69, 9.17) is 0 Å². The van der Waals surface area contributed by atoms with Gasteiger partial charge in [0, 0.05) is 23.9 Å². The van der Waals surface area contributed by atoms with Gasteiger partial charge < -0.3 is 0 Å². The Labute approximate surface area is 151 Å². The molecule has 0 saturated carbocycles. The number of sulfonamides is 1. The minimum absolute atomic E-state index is 0.0376. The third kappa shape index (κ3) is 3.42. The van der Waals surface area contributed by atoms with Crippen LogP contribution in [0.4, 0.5) is 5.69 Å². The average molecular weight is 378 g/mol. The molecule has 0 aliphatic carbocycles. The molecule has 8 heteroatoms. The number of nitro benzene ring substituents is 1. The van der Waals surface area contributed by atoms with Crippen molar-refractivity contribution in [1.29, 1.82) is 0 Å². The highest BCUT2D eigenvalue weighted by atomic mass is 32.2. The minimum Gasteiger partial charge on any atom is -0.258 e. The van der Waals surface area contributed by atoms with Gasteiger partial charge in [0.1, 0.15) is 0 Å². The van der Waals surface area contributed by atoms with Crippen LogP contribution in [-0.4, -0.2) is 29.9 Å². The lowest BCUT2D eigenvalue weighted by Gasteiger charge is -2.23. The maximum absolute atomic E-state index is 13.1. The summed E-state index contributed by atoms with van der Waals surface area (Å²) in [5.41, 5.74) is 2.28. The van der Waals surface area contributed by atoms with Crippen LogP contribution in [0, 0.1) is 24.0 Å². The highest BCUT2D eigenvalue weighted by Crippen LogP contribution is 2.41. The van der Waals surface area contributed by atoms with Gasteiger partial charge in [0.15, 0.2) is 0 Å². The van der Waals surface area contributed by atoms with Crippen LogP contribution in [0.25, 0.3) is 0 Å². The number of nitro groups is 1. The van der Waals surface area contributed by atoms with Gasteiger partial charge >= 0.3 is 0 Å². The van der Waals surface area contributed by atoms with E-state index in [-0.39, 0.29) is 16.0 Å². The van der Waals surface area contributed by atoms with Crippen molar-refractivity contribution in [2.45, 2.75) is 24.1 Å². The van der Waals surface area contributed by atoms with Crippen molar-refractivity contribution < 1.29 is 13.3 Å². The molecule has 1 aliphatic rings. The van der Waals surface area contributed by atoms with Crippen molar-refractivity contribution in [3.05, 3.63) is 69.3 Å². The molecule has 1 fully saturated rings.